The number of nitrogens with one attached hydrogen (secondary N) is 1. The first-order valence-corrected chi connectivity index (χ1v) is 8.49. The molecule has 0 saturated heterocycles. The summed E-state index contributed by atoms with van der Waals surface area (Å²) in [5, 5.41) is 14.6. The quantitative estimate of drug-likeness (QED) is 0.345. The number of amides is 1. The molecule has 0 spiro atoms. The van der Waals surface area contributed by atoms with Crippen molar-refractivity contribution in [3.05, 3.63) is 75.8 Å². The number of carbonyl (C=O) groups excluding carboxylic acids is 1. The van der Waals surface area contributed by atoms with Gasteiger partial charge in [0.05, 0.1) is 22.5 Å². The number of nitro benzene ring substituents is 1. The smallest absolute Gasteiger partial charge is 0.272 e. The second-order valence-electron chi connectivity index (χ2n) is 4.90. The zero-order chi connectivity index (χ0) is 17.2. The Labute approximate surface area is 144 Å². The average Bonchev–Trinajstić information content (AvgIpc) is 2.60. The van der Waals surface area contributed by atoms with Crippen molar-refractivity contribution in [2.45, 2.75) is 6.42 Å². The van der Waals surface area contributed by atoms with E-state index in [0.717, 1.165) is 12.2 Å². The van der Waals surface area contributed by atoms with Gasteiger partial charge in [-0.2, -0.15) is 16.9 Å². The minimum Gasteiger partial charge on any atom is -0.272 e. The summed E-state index contributed by atoms with van der Waals surface area (Å²) in [6, 6.07) is 16.3. The number of nitro groups is 1. The maximum absolute atomic E-state index is 11.7. The summed E-state index contributed by atoms with van der Waals surface area (Å²) < 4.78 is 0. The first kappa shape index (κ1) is 17.7. The Morgan fingerprint density at radius 2 is 1.88 bits per heavy atom. The van der Waals surface area contributed by atoms with E-state index >= 15 is 0 Å². The number of hydrazone groups is 1. The molecular formula is C17H17N3O3S. The Bertz CT molecular complexity index is 720. The van der Waals surface area contributed by atoms with E-state index in [0.29, 0.717) is 11.3 Å². The minimum atomic E-state index is -0.484. The molecule has 2 rings (SSSR count). The topological polar surface area (TPSA) is 84.6 Å². The van der Waals surface area contributed by atoms with Crippen LogP contribution in [0.1, 0.15) is 11.1 Å². The fraction of sp³-hybridized carbons (Fsp3) is 0.176. The number of hydrogen-bond donors (Lipinski definition) is 1. The van der Waals surface area contributed by atoms with Crippen molar-refractivity contribution >= 4 is 29.6 Å². The summed E-state index contributed by atoms with van der Waals surface area (Å²) in [4.78, 5) is 22.1. The zero-order valence-corrected chi connectivity index (χ0v) is 13.7. The highest BCUT2D eigenvalue weighted by Gasteiger charge is 2.10. The lowest BCUT2D eigenvalue weighted by Crippen LogP contribution is -2.20. The summed E-state index contributed by atoms with van der Waals surface area (Å²) in [5.74, 6) is 0.898. The van der Waals surface area contributed by atoms with Crippen LogP contribution in [0.3, 0.4) is 0 Å². The Hall–Kier alpha value is -2.67. The van der Waals surface area contributed by atoms with Gasteiger partial charge in [-0.25, -0.2) is 5.43 Å². The second-order valence-corrected chi connectivity index (χ2v) is 6.00. The van der Waals surface area contributed by atoms with Gasteiger partial charge in [-0.15, -0.1) is 0 Å². The van der Waals surface area contributed by atoms with Crippen LogP contribution in [0.2, 0.25) is 0 Å². The largest absolute Gasteiger partial charge is 0.278 e. The van der Waals surface area contributed by atoms with E-state index in [9.17, 15) is 14.9 Å². The molecule has 0 unspecified atom stereocenters. The molecule has 0 aromatic heterocycles. The molecule has 0 fully saturated rings. The SMILES string of the molecule is O=C(CSCCc1ccccc1)N/N=C\c1ccccc1[N+](=O)[O-]. The summed E-state index contributed by atoms with van der Waals surface area (Å²) in [7, 11) is 0. The van der Waals surface area contributed by atoms with Crippen LogP contribution in [0, 0.1) is 10.1 Å². The van der Waals surface area contributed by atoms with Crippen LogP contribution in [0.4, 0.5) is 5.69 Å². The van der Waals surface area contributed by atoms with E-state index in [1.165, 1.54) is 29.6 Å². The summed E-state index contributed by atoms with van der Waals surface area (Å²) >= 11 is 1.52. The van der Waals surface area contributed by atoms with Crippen molar-refractivity contribution in [1.29, 1.82) is 0 Å². The molecule has 2 aromatic rings. The van der Waals surface area contributed by atoms with Gasteiger partial charge in [0.15, 0.2) is 0 Å². The van der Waals surface area contributed by atoms with Crippen LogP contribution in [0.5, 0.6) is 0 Å². The normalized spacial score (nSPS) is 10.7. The Kier molecular flexibility index (Phi) is 6.97. The third-order valence-corrected chi connectivity index (χ3v) is 4.10. The maximum Gasteiger partial charge on any atom is 0.278 e. The molecule has 0 aliphatic heterocycles. The van der Waals surface area contributed by atoms with Gasteiger partial charge in [0, 0.05) is 6.07 Å². The Morgan fingerprint density at radius 1 is 1.17 bits per heavy atom. The number of hydrogen-bond acceptors (Lipinski definition) is 5. The summed E-state index contributed by atoms with van der Waals surface area (Å²) in [6.07, 6.45) is 2.18. The first-order chi connectivity index (χ1) is 11.7. The number of thioether (sulfide) groups is 1. The average molecular weight is 343 g/mol. The highest BCUT2D eigenvalue weighted by molar-refractivity contribution is 7.99. The van der Waals surface area contributed by atoms with E-state index in [-0.39, 0.29) is 11.6 Å². The maximum atomic E-state index is 11.7. The molecule has 0 aliphatic rings. The molecule has 7 heteroatoms. The predicted octanol–water partition coefficient (Wildman–Crippen LogP) is 3.02. The van der Waals surface area contributed by atoms with Gasteiger partial charge in [0.25, 0.3) is 5.69 Å². The molecule has 0 bridgehead atoms. The number of nitrogens with zero attached hydrogens (tertiary/aromatic N) is 2. The fourth-order valence-corrected chi connectivity index (χ4v) is 2.74. The van der Waals surface area contributed by atoms with Gasteiger partial charge < -0.3 is 0 Å². The van der Waals surface area contributed by atoms with Crippen molar-refractivity contribution < 1.29 is 9.72 Å². The van der Waals surface area contributed by atoms with Crippen LogP contribution >= 0.6 is 11.8 Å². The highest BCUT2D eigenvalue weighted by Crippen LogP contribution is 2.15. The van der Waals surface area contributed by atoms with E-state index in [1.54, 1.807) is 18.2 Å². The lowest BCUT2D eigenvalue weighted by atomic mass is 10.2. The van der Waals surface area contributed by atoms with E-state index in [4.69, 9.17) is 0 Å². The fourth-order valence-electron chi connectivity index (χ4n) is 1.97. The van der Waals surface area contributed by atoms with Crippen molar-refractivity contribution in [1.82, 2.24) is 5.43 Å². The number of aryl methyl sites for hydroxylation is 1. The van der Waals surface area contributed by atoms with Gasteiger partial charge in [0.2, 0.25) is 5.91 Å². The Morgan fingerprint density at radius 3 is 2.62 bits per heavy atom. The number of carbonyl (C=O) groups is 1. The van der Waals surface area contributed by atoms with Crippen molar-refractivity contribution in [3.63, 3.8) is 0 Å². The summed E-state index contributed by atoms with van der Waals surface area (Å²) in [6.45, 7) is 0. The predicted molar refractivity (Wildman–Crippen MR) is 96.3 cm³/mol. The van der Waals surface area contributed by atoms with Gasteiger partial charge >= 0.3 is 0 Å². The van der Waals surface area contributed by atoms with Crippen molar-refractivity contribution in [2.24, 2.45) is 5.10 Å². The number of para-hydroxylation sites is 1. The second kappa shape index (κ2) is 9.46. The highest BCUT2D eigenvalue weighted by atomic mass is 32.2. The molecule has 0 radical (unpaired) electrons. The van der Waals surface area contributed by atoms with Crippen molar-refractivity contribution in [2.75, 3.05) is 11.5 Å². The minimum absolute atomic E-state index is 0.0484. The molecule has 1 N–H and O–H groups in total. The van der Waals surface area contributed by atoms with Crippen LogP contribution in [-0.4, -0.2) is 28.6 Å². The summed E-state index contributed by atoms with van der Waals surface area (Å²) in [5.41, 5.74) is 3.92. The molecule has 6 nitrogen and oxygen atoms in total. The Balaban J connectivity index is 1.72. The van der Waals surface area contributed by atoms with Crippen LogP contribution in [0.25, 0.3) is 0 Å². The van der Waals surface area contributed by atoms with Gasteiger partial charge in [-0.1, -0.05) is 42.5 Å². The number of benzene rings is 2. The molecule has 0 atom stereocenters. The van der Waals surface area contributed by atoms with Crippen molar-refractivity contribution in [3.8, 4) is 0 Å². The first-order valence-electron chi connectivity index (χ1n) is 7.34. The molecular weight excluding hydrogens is 326 g/mol. The standard InChI is InChI=1S/C17H17N3O3S/c21-17(13-24-11-10-14-6-2-1-3-7-14)19-18-12-15-8-4-5-9-16(15)20(22)23/h1-9,12H,10-11,13H2,(H,19,21)/b18-12-. The monoisotopic (exact) mass is 343 g/mol. The van der Waals surface area contributed by atoms with Crippen LogP contribution < -0.4 is 5.43 Å². The molecule has 124 valence electrons. The third kappa shape index (κ3) is 5.85. The number of rotatable bonds is 8. The van der Waals surface area contributed by atoms with Gasteiger partial charge in [-0.05, 0) is 23.8 Å². The molecule has 24 heavy (non-hydrogen) atoms. The van der Waals surface area contributed by atoms with E-state index < -0.39 is 4.92 Å². The molecule has 2 aromatic carbocycles. The lowest BCUT2D eigenvalue weighted by Gasteiger charge is -2.02. The van der Waals surface area contributed by atoms with Gasteiger partial charge in [-0.3, -0.25) is 14.9 Å². The lowest BCUT2D eigenvalue weighted by molar-refractivity contribution is -0.385. The van der Waals surface area contributed by atoms with Crippen LogP contribution in [-0.2, 0) is 11.2 Å². The van der Waals surface area contributed by atoms with E-state index in [2.05, 4.69) is 22.7 Å². The van der Waals surface area contributed by atoms with Crippen LogP contribution in [0.15, 0.2) is 59.7 Å². The van der Waals surface area contributed by atoms with E-state index in [1.807, 2.05) is 18.2 Å². The molecule has 0 saturated carbocycles. The molecule has 0 heterocycles. The molecule has 0 aliphatic carbocycles. The van der Waals surface area contributed by atoms with Gasteiger partial charge in [0.1, 0.15) is 0 Å². The third-order valence-electron chi connectivity index (χ3n) is 3.14. The molecule has 1 amide bonds. The zero-order valence-electron chi connectivity index (χ0n) is 12.9.